The number of carbonyl (C=O) groups excluding carboxylic acids is 1. The molecule has 0 saturated heterocycles. The number of carbonyl (C=O) groups is 1. The van der Waals surface area contributed by atoms with Gasteiger partial charge in [0.1, 0.15) is 0 Å². The summed E-state index contributed by atoms with van der Waals surface area (Å²) >= 11 is 0. The first kappa shape index (κ1) is 47.0. The summed E-state index contributed by atoms with van der Waals surface area (Å²) in [4.78, 5) is 15.9. The highest BCUT2D eigenvalue weighted by Crippen LogP contribution is 2.42. The topological polar surface area (TPSA) is 114 Å². The number of rotatable bonds is 19. The van der Waals surface area contributed by atoms with E-state index >= 15 is 0 Å². The molecule has 0 spiro atoms. The van der Waals surface area contributed by atoms with Gasteiger partial charge in [0.2, 0.25) is 0 Å². The minimum absolute atomic E-state index is 0.154. The van der Waals surface area contributed by atoms with Crippen molar-refractivity contribution >= 4 is 17.8 Å². The minimum atomic E-state index is -0.376. The molecule has 2 aromatic carbocycles. The molecule has 9 heteroatoms. The van der Waals surface area contributed by atoms with E-state index in [0.717, 1.165) is 30.6 Å². The molecule has 1 aliphatic rings. The normalized spacial score (nSPS) is 13.4. The molecule has 0 aliphatic heterocycles. The summed E-state index contributed by atoms with van der Waals surface area (Å²) in [5.74, 6) is 0.958. The number of hydrogen-bond acceptors (Lipinski definition) is 7. The Labute approximate surface area is 310 Å². The molecular formula is C42H70N6O3. The predicted molar refractivity (Wildman–Crippen MR) is 216 cm³/mol. The second-order valence-corrected chi connectivity index (χ2v) is 12.3. The molecule has 1 amide bonds. The smallest absolute Gasteiger partial charge is 0.251 e. The van der Waals surface area contributed by atoms with E-state index in [0.29, 0.717) is 43.6 Å². The molecule has 3 N–H and O–H groups in total. The highest BCUT2D eigenvalue weighted by molar-refractivity contribution is 5.97. The highest BCUT2D eigenvalue weighted by Gasteiger charge is 2.28. The van der Waals surface area contributed by atoms with Gasteiger partial charge in [-0.2, -0.15) is 5.53 Å². The number of hydrogen-bond donors (Lipinski definition) is 3. The van der Waals surface area contributed by atoms with E-state index in [4.69, 9.17) is 20.4 Å². The van der Waals surface area contributed by atoms with Crippen molar-refractivity contribution in [1.29, 1.82) is 10.9 Å². The summed E-state index contributed by atoms with van der Waals surface area (Å²) in [6.07, 6.45) is 15.7. The lowest BCUT2D eigenvalue weighted by Crippen LogP contribution is -2.37. The standard InChI is InChI=1S/C36H51N3O3.C2H7N3.2C2H6/c1-5-7-20-39(21-24-42-23-11-22-41-4)35-26-31(18-19-34(35)33(6-2)30-12-9-8-10-13-30)36(40)38-32(27-37)25-29-16-14-28(3)15-17-29;1-5(2)4-3;2*1-2/h5,11,14-19,22,26-27,30,32-33,37H,1,6-10,12-13,20-21,23-25H2,2-4H3,(H,38,40);3H,1-2H3;2*1-2H3/b22-11+,37-27?;;;/t32-,33?;;;/m0.../s1. The van der Waals surface area contributed by atoms with Crippen LogP contribution < -0.4 is 10.2 Å². The molecule has 9 nitrogen and oxygen atoms in total. The van der Waals surface area contributed by atoms with Crippen LogP contribution in [0.2, 0.25) is 0 Å². The van der Waals surface area contributed by atoms with Crippen LogP contribution in [0, 0.1) is 23.8 Å². The summed E-state index contributed by atoms with van der Waals surface area (Å²) in [5, 5.41) is 15.5. The van der Waals surface area contributed by atoms with Gasteiger partial charge in [-0.1, -0.05) is 101 Å². The van der Waals surface area contributed by atoms with Crippen molar-refractivity contribution in [2.75, 3.05) is 52.4 Å². The third kappa shape index (κ3) is 18.7. The molecule has 2 aromatic rings. The van der Waals surface area contributed by atoms with Crippen molar-refractivity contribution < 1.29 is 14.3 Å². The lowest BCUT2D eigenvalue weighted by molar-refractivity contribution is 0.0947. The third-order valence-electron chi connectivity index (χ3n) is 8.54. The molecule has 286 valence electrons. The molecule has 1 aliphatic carbocycles. The van der Waals surface area contributed by atoms with Crippen LogP contribution in [0.25, 0.3) is 0 Å². The average Bonchev–Trinajstić information content (AvgIpc) is 3.17. The van der Waals surface area contributed by atoms with Gasteiger partial charge >= 0.3 is 0 Å². The molecule has 0 radical (unpaired) electrons. The van der Waals surface area contributed by atoms with Gasteiger partial charge in [0.15, 0.2) is 0 Å². The maximum atomic E-state index is 13.6. The molecule has 0 bridgehead atoms. The monoisotopic (exact) mass is 707 g/mol. The Hall–Kier alpha value is -3.98. The fourth-order valence-electron chi connectivity index (χ4n) is 6.06. The first-order valence-corrected chi connectivity index (χ1v) is 18.9. The maximum absolute atomic E-state index is 13.6. The van der Waals surface area contributed by atoms with Crippen molar-refractivity contribution in [3.63, 3.8) is 0 Å². The van der Waals surface area contributed by atoms with Crippen LogP contribution in [0.15, 0.2) is 72.7 Å². The Bertz CT molecular complexity index is 1240. The Balaban J connectivity index is 0.00000251. The minimum Gasteiger partial charge on any atom is -0.505 e. The molecule has 1 unspecified atom stereocenters. The van der Waals surface area contributed by atoms with Crippen molar-refractivity contribution in [3.05, 3.63) is 89.7 Å². The number of nitrogens with one attached hydrogen (secondary N) is 3. The first-order valence-electron chi connectivity index (χ1n) is 18.9. The zero-order chi connectivity index (χ0) is 38.4. The van der Waals surface area contributed by atoms with E-state index in [-0.39, 0.29) is 11.9 Å². The quantitative estimate of drug-likeness (QED) is 0.0336. The summed E-state index contributed by atoms with van der Waals surface area (Å²) in [7, 11) is 5.03. The Kier molecular flexibility index (Phi) is 27.4. The van der Waals surface area contributed by atoms with Crippen molar-refractivity contribution in [2.45, 2.75) is 105 Å². The van der Waals surface area contributed by atoms with Gasteiger partial charge in [-0.3, -0.25) is 9.80 Å². The number of aryl methyl sites for hydroxylation is 1. The van der Waals surface area contributed by atoms with Crippen LogP contribution in [0.5, 0.6) is 0 Å². The number of benzene rings is 2. The van der Waals surface area contributed by atoms with Crippen LogP contribution in [0.4, 0.5) is 5.69 Å². The highest BCUT2D eigenvalue weighted by atomic mass is 16.5. The average molecular weight is 707 g/mol. The lowest BCUT2D eigenvalue weighted by Gasteiger charge is -2.35. The van der Waals surface area contributed by atoms with Crippen molar-refractivity contribution in [3.8, 4) is 0 Å². The lowest BCUT2D eigenvalue weighted by atomic mass is 9.75. The van der Waals surface area contributed by atoms with Crippen LogP contribution in [0.3, 0.4) is 0 Å². The summed E-state index contributed by atoms with van der Waals surface area (Å²) in [6.45, 7) is 18.9. The third-order valence-corrected chi connectivity index (χ3v) is 8.54. The van der Waals surface area contributed by atoms with E-state index in [1.165, 1.54) is 54.5 Å². The van der Waals surface area contributed by atoms with E-state index in [1.54, 1.807) is 27.5 Å². The van der Waals surface area contributed by atoms with Gasteiger partial charge in [0.25, 0.3) is 5.91 Å². The summed E-state index contributed by atoms with van der Waals surface area (Å²) < 4.78 is 10.9. The second kappa shape index (κ2) is 29.7. The molecular weight excluding hydrogens is 637 g/mol. The fraction of sp³-hybridized carbons (Fsp3) is 0.571. The molecule has 51 heavy (non-hydrogen) atoms. The molecule has 0 heterocycles. The molecule has 3 rings (SSSR count). The van der Waals surface area contributed by atoms with Crippen molar-refractivity contribution in [1.82, 2.24) is 10.3 Å². The molecule has 1 saturated carbocycles. The molecule has 0 aromatic heterocycles. The van der Waals surface area contributed by atoms with Gasteiger partial charge in [0.05, 0.1) is 32.6 Å². The van der Waals surface area contributed by atoms with E-state index < -0.39 is 0 Å². The SMILES string of the molecule is C=CCCN(CCOC/C=C/OC)c1cc(C(=O)N[C@H](C=N)Cc2ccc(C)cc2)ccc1C(CC)C1CCCCC1.CC.CC.CN(C)N=N. The number of amides is 1. The number of methoxy groups -OCH3 is 1. The van der Waals surface area contributed by atoms with Crippen LogP contribution in [-0.4, -0.2) is 70.7 Å². The zero-order valence-corrected chi connectivity index (χ0v) is 33.3. The second-order valence-electron chi connectivity index (χ2n) is 12.3. The van der Waals surface area contributed by atoms with Crippen LogP contribution >= 0.6 is 0 Å². The van der Waals surface area contributed by atoms with E-state index in [1.807, 2.05) is 45.9 Å². The molecule has 1 fully saturated rings. The van der Waals surface area contributed by atoms with Crippen LogP contribution in [0.1, 0.15) is 113 Å². The predicted octanol–water partition coefficient (Wildman–Crippen LogP) is 10.2. The Morgan fingerprint density at radius 3 is 2.25 bits per heavy atom. The van der Waals surface area contributed by atoms with Gasteiger partial charge < -0.3 is 25.1 Å². The fourth-order valence-corrected chi connectivity index (χ4v) is 6.06. The van der Waals surface area contributed by atoms with Gasteiger partial charge in [-0.05, 0) is 80.2 Å². The number of nitrogens with zero attached hydrogens (tertiary/aromatic N) is 3. The Morgan fingerprint density at radius 2 is 1.71 bits per heavy atom. The number of ether oxygens (including phenoxy) is 2. The van der Waals surface area contributed by atoms with Gasteiger partial charge in [0, 0.05) is 44.7 Å². The number of anilines is 1. The van der Waals surface area contributed by atoms with Gasteiger partial charge in [-0.25, -0.2) is 0 Å². The largest absolute Gasteiger partial charge is 0.505 e. The van der Waals surface area contributed by atoms with E-state index in [2.05, 4.69) is 72.3 Å². The zero-order valence-electron chi connectivity index (χ0n) is 33.3. The first-order chi connectivity index (χ1) is 24.8. The van der Waals surface area contributed by atoms with Gasteiger partial charge in [-0.15, -0.1) is 6.58 Å². The summed E-state index contributed by atoms with van der Waals surface area (Å²) in [6, 6.07) is 14.1. The summed E-state index contributed by atoms with van der Waals surface area (Å²) in [5.41, 5.74) is 11.6. The Morgan fingerprint density at radius 1 is 1.06 bits per heavy atom. The van der Waals surface area contributed by atoms with Crippen LogP contribution in [-0.2, 0) is 15.9 Å². The van der Waals surface area contributed by atoms with E-state index in [9.17, 15) is 4.79 Å². The molecule has 2 atom stereocenters. The maximum Gasteiger partial charge on any atom is 0.251 e. The van der Waals surface area contributed by atoms with Crippen molar-refractivity contribution in [2.24, 2.45) is 11.1 Å².